The quantitative estimate of drug-likeness (QED) is 0.739. The maximum absolute atomic E-state index is 8.90. The summed E-state index contributed by atoms with van der Waals surface area (Å²) in [5.74, 6) is 0. The predicted octanol–water partition coefficient (Wildman–Crippen LogP) is 1.19. The number of methoxy groups -OCH3 is 1. The lowest BCUT2D eigenvalue weighted by Crippen LogP contribution is -2.39. The molecular weight excluding hydrogens is 214 g/mol. The third-order valence-corrected chi connectivity index (χ3v) is 3.36. The monoisotopic (exact) mass is 239 g/mol. The molecule has 4 nitrogen and oxygen atoms in total. The number of hydrogen-bond acceptors (Lipinski definition) is 4. The van der Waals surface area contributed by atoms with E-state index in [4.69, 9.17) is 10.00 Å². The topological polar surface area (TPSA) is 39.5 Å². The molecule has 0 aromatic heterocycles. The molecule has 0 bridgehead atoms. The average Bonchev–Trinajstić information content (AvgIpc) is 2.33. The van der Waals surface area contributed by atoms with Crippen LogP contribution in [-0.4, -0.2) is 62.8 Å². The van der Waals surface area contributed by atoms with Crippen molar-refractivity contribution in [2.45, 2.75) is 26.3 Å². The fraction of sp³-hybridized carbons (Fsp3) is 0.923. The highest BCUT2D eigenvalue weighted by molar-refractivity contribution is 4.90. The second-order valence-electron chi connectivity index (χ2n) is 5.82. The van der Waals surface area contributed by atoms with Gasteiger partial charge >= 0.3 is 0 Å². The van der Waals surface area contributed by atoms with E-state index in [0.29, 0.717) is 12.5 Å². The SMILES string of the molecule is COCCN1CC(CC#N)N(C)CC(C)(C)C1. The third kappa shape index (κ3) is 4.63. The summed E-state index contributed by atoms with van der Waals surface area (Å²) in [5, 5.41) is 8.90. The second-order valence-corrected chi connectivity index (χ2v) is 5.82. The lowest BCUT2D eigenvalue weighted by atomic mass is 9.92. The molecule has 1 atom stereocenters. The minimum absolute atomic E-state index is 0.271. The van der Waals surface area contributed by atoms with Crippen molar-refractivity contribution >= 4 is 0 Å². The summed E-state index contributed by atoms with van der Waals surface area (Å²) in [6.45, 7) is 9.38. The molecule has 0 saturated carbocycles. The van der Waals surface area contributed by atoms with E-state index in [9.17, 15) is 0 Å². The molecule has 0 amide bonds. The molecule has 0 aliphatic carbocycles. The number of nitriles is 1. The van der Waals surface area contributed by atoms with Crippen LogP contribution in [0.15, 0.2) is 0 Å². The largest absolute Gasteiger partial charge is 0.383 e. The van der Waals surface area contributed by atoms with Gasteiger partial charge < -0.3 is 9.64 Å². The molecule has 0 N–H and O–H groups in total. The predicted molar refractivity (Wildman–Crippen MR) is 68.7 cm³/mol. The third-order valence-electron chi connectivity index (χ3n) is 3.36. The van der Waals surface area contributed by atoms with Crippen LogP contribution in [0.5, 0.6) is 0 Å². The Balaban J connectivity index is 2.68. The molecule has 17 heavy (non-hydrogen) atoms. The highest BCUT2D eigenvalue weighted by atomic mass is 16.5. The van der Waals surface area contributed by atoms with Crippen molar-refractivity contribution in [2.75, 3.05) is 46.9 Å². The molecule has 4 heteroatoms. The Morgan fingerprint density at radius 1 is 1.41 bits per heavy atom. The zero-order valence-corrected chi connectivity index (χ0v) is 11.6. The molecule has 1 saturated heterocycles. The summed E-state index contributed by atoms with van der Waals surface area (Å²) in [6, 6.07) is 2.65. The first-order chi connectivity index (χ1) is 7.98. The standard InChI is InChI=1S/C13H25N3O/c1-13(2)10-15(3)12(5-6-14)9-16(11-13)7-8-17-4/h12H,5,7-11H2,1-4H3. The molecule has 1 fully saturated rings. The summed E-state index contributed by atoms with van der Waals surface area (Å²) in [5.41, 5.74) is 0.271. The van der Waals surface area contributed by atoms with Crippen LogP contribution in [0, 0.1) is 16.7 Å². The van der Waals surface area contributed by atoms with E-state index in [-0.39, 0.29) is 5.41 Å². The number of likely N-dealkylation sites (N-methyl/N-ethyl adjacent to an activating group) is 1. The molecule has 0 aromatic carbocycles. The van der Waals surface area contributed by atoms with Gasteiger partial charge in [0.05, 0.1) is 19.1 Å². The molecule has 1 rings (SSSR count). The Labute approximate surface area is 105 Å². The van der Waals surface area contributed by atoms with E-state index in [0.717, 1.165) is 32.8 Å². The Bertz CT molecular complexity index is 272. The number of nitrogens with zero attached hydrogens (tertiary/aromatic N) is 3. The first-order valence-electron chi connectivity index (χ1n) is 6.27. The van der Waals surface area contributed by atoms with Crippen LogP contribution in [0.25, 0.3) is 0 Å². The van der Waals surface area contributed by atoms with Crippen molar-refractivity contribution in [3.63, 3.8) is 0 Å². The van der Waals surface area contributed by atoms with Gasteiger partial charge in [-0.2, -0.15) is 5.26 Å². The first kappa shape index (κ1) is 14.4. The van der Waals surface area contributed by atoms with Gasteiger partial charge in [0.15, 0.2) is 0 Å². The Morgan fingerprint density at radius 2 is 2.12 bits per heavy atom. The van der Waals surface area contributed by atoms with Gasteiger partial charge in [-0.25, -0.2) is 0 Å². The van der Waals surface area contributed by atoms with Crippen molar-refractivity contribution in [1.82, 2.24) is 9.80 Å². The van der Waals surface area contributed by atoms with Crippen molar-refractivity contribution in [3.8, 4) is 6.07 Å². The van der Waals surface area contributed by atoms with Crippen LogP contribution in [0.4, 0.5) is 0 Å². The van der Waals surface area contributed by atoms with Crippen molar-refractivity contribution in [2.24, 2.45) is 5.41 Å². The van der Waals surface area contributed by atoms with E-state index < -0.39 is 0 Å². The van der Waals surface area contributed by atoms with Crippen LogP contribution >= 0.6 is 0 Å². The summed E-state index contributed by atoms with van der Waals surface area (Å²) in [6.07, 6.45) is 0.607. The molecule has 0 spiro atoms. The van der Waals surface area contributed by atoms with E-state index in [1.54, 1.807) is 7.11 Å². The van der Waals surface area contributed by atoms with E-state index >= 15 is 0 Å². The van der Waals surface area contributed by atoms with Crippen LogP contribution in [0.2, 0.25) is 0 Å². The second kappa shape index (κ2) is 6.34. The van der Waals surface area contributed by atoms with Crippen LogP contribution in [-0.2, 0) is 4.74 Å². The molecule has 0 aromatic rings. The Hall–Kier alpha value is -0.630. The maximum atomic E-state index is 8.90. The summed E-state index contributed by atoms with van der Waals surface area (Å²) in [4.78, 5) is 4.75. The van der Waals surface area contributed by atoms with Crippen molar-refractivity contribution < 1.29 is 4.74 Å². The Kier molecular flexibility index (Phi) is 5.38. The van der Waals surface area contributed by atoms with Crippen molar-refractivity contribution in [3.05, 3.63) is 0 Å². The fourth-order valence-corrected chi connectivity index (χ4v) is 2.68. The number of rotatable bonds is 4. The first-order valence-corrected chi connectivity index (χ1v) is 6.27. The number of hydrogen-bond donors (Lipinski definition) is 0. The maximum Gasteiger partial charge on any atom is 0.0638 e. The average molecular weight is 239 g/mol. The van der Waals surface area contributed by atoms with E-state index in [1.165, 1.54) is 0 Å². The van der Waals surface area contributed by atoms with Gasteiger partial charge in [-0.15, -0.1) is 0 Å². The van der Waals surface area contributed by atoms with Crippen LogP contribution in [0.1, 0.15) is 20.3 Å². The zero-order chi connectivity index (χ0) is 12.9. The van der Waals surface area contributed by atoms with Crippen molar-refractivity contribution in [1.29, 1.82) is 5.26 Å². The normalized spacial score (nSPS) is 26.4. The minimum Gasteiger partial charge on any atom is -0.383 e. The molecule has 1 heterocycles. The van der Waals surface area contributed by atoms with Crippen LogP contribution < -0.4 is 0 Å². The van der Waals surface area contributed by atoms with Gasteiger partial charge in [-0.05, 0) is 12.5 Å². The minimum atomic E-state index is 0.271. The summed E-state index contributed by atoms with van der Waals surface area (Å²) in [7, 11) is 3.87. The number of ether oxygens (including phenoxy) is 1. The van der Waals surface area contributed by atoms with E-state index in [2.05, 4.69) is 36.8 Å². The molecule has 1 aliphatic rings. The van der Waals surface area contributed by atoms with Gasteiger partial charge in [0.2, 0.25) is 0 Å². The van der Waals surface area contributed by atoms with Gasteiger partial charge in [-0.3, -0.25) is 4.90 Å². The highest BCUT2D eigenvalue weighted by Gasteiger charge is 2.31. The lowest BCUT2D eigenvalue weighted by Gasteiger charge is -2.30. The molecule has 1 unspecified atom stereocenters. The molecular formula is C13H25N3O. The summed E-state index contributed by atoms with van der Waals surface area (Å²) < 4.78 is 5.16. The van der Waals surface area contributed by atoms with Crippen LogP contribution in [0.3, 0.4) is 0 Å². The van der Waals surface area contributed by atoms with Gasteiger partial charge in [-0.1, -0.05) is 13.8 Å². The molecule has 98 valence electrons. The fourth-order valence-electron chi connectivity index (χ4n) is 2.68. The van der Waals surface area contributed by atoms with Gasteiger partial charge in [0.25, 0.3) is 0 Å². The zero-order valence-electron chi connectivity index (χ0n) is 11.6. The Morgan fingerprint density at radius 3 is 2.71 bits per heavy atom. The molecule has 0 radical (unpaired) electrons. The lowest BCUT2D eigenvalue weighted by molar-refractivity contribution is 0.127. The van der Waals surface area contributed by atoms with Gasteiger partial charge in [0.1, 0.15) is 0 Å². The van der Waals surface area contributed by atoms with Gasteiger partial charge in [0, 0.05) is 39.3 Å². The smallest absolute Gasteiger partial charge is 0.0638 e. The highest BCUT2D eigenvalue weighted by Crippen LogP contribution is 2.24. The van der Waals surface area contributed by atoms with E-state index in [1.807, 2.05) is 0 Å². The summed E-state index contributed by atoms with van der Waals surface area (Å²) >= 11 is 0. The molecule has 1 aliphatic heterocycles.